The maximum atomic E-state index is 13.4. The average molecular weight is 593 g/mol. The Morgan fingerprint density at radius 3 is 2.21 bits per heavy atom. The molecule has 2 heterocycles. The molecular weight excluding hydrogens is 560 g/mol. The van der Waals surface area contributed by atoms with Crippen LogP contribution < -0.4 is 5.32 Å². The Balaban J connectivity index is 1.37. The van der Waals surface area contributed by atoms with Crippen LogP contribution in [0.3, 0.4) is 0 Å². The summed E-state index contributed by atoms with van der Waals surface area (Å²) in [5.74, 6) is 0.0963. The molecule has 0 saturated heterocycles. The van der Waals surface area contributed by atoms with Crippen LogP contribution in [0, 0.1) is 0 Å². The van der Waals surface area contributed by atoms with Crippen LogP contribution in [0.25, 0.3) is 22.4 Å². The number of carbonyl (C=O) groups is 2. The maximum absolute atomic E-state index is 13.4. The number of rotatable bonds is 11. The molecule has 5 rings (SSSR count). The van der Waals surface area contributed by atoms with Crippen LogP contribution in [0.15, 0.2) is 96.2 Å². The number of ether oxygens (including phenoxy) is 1. The highest BCUT2D eigenvalue weighted by Gasteiger charge is 2.26. The standard InChI is InChI=1S/C33H32N6O3S/c1-4-42-33(41)30-29(24-11-7-5-8-12-24)31(25-13-9-6-10-14-25)36-37-32(30)43-21-27-19-39(38-35-27)20-28(40)34-26-17-15-23(16-18-26)22(2)3/h5-19,22H,4,20-21H2,1-3H3,(H,34,40). The fourth-order valence-electron chi connectivity index (χ4n) is 4.52. The number of thioether (sulfide) groups is 1. The Bertz CT molecular complexity index is 1690. The molecule has 0 atom stereocenters. The van der Waals surface area contributed by atoms with Crippen molar-refractivity contribution in [2.24, 2.45) is 0 Å². The van der Waals surface area contributed by atoms with Crippen LogP contribution >= 0.6 is 11.8 Å². The number of hydrogen-bond donors (Lipinski definition) is 1. The molecule has 0 saturated carbocycles. The second kappa shape index (κ2) is 13.9. The topological polar surface area (TPSA) is 112 Å². The van der Waals surface area contributed by atoms with Gasteiger partial charge in [0.2, 0.25) is 5.91 Å². The molecular formula is C33H32N6O3S. The van der Waals surface area contributed by atoms with Gasteiger partial charge in [0.05, 0.1) is 12.3 Å². The second-order valence-electron chi connectivity index (χ2n) is 10.1. The van der Waals surface area contributed by atoms with Gasteiger partial charge in [-0.1, -0.05) is 104 Å². The number of amides is 1. The third-order valence-corrected chi connectivity index (χ3v) is 7.64. The molecule has 0 unspecified atom stereocenters. The molecule has 1 N–H and O–H groups in total. The highest BCUT2D eigenvalue weighted by atomic mass is 32.2. The van der Waals surface area contributed by atoms with Crippen LogP contribution in [0.2, 0.25) is 0 Å². The first-order chi connectivity index (χ1) is 20.9. The van der Waals surface area contributed by atoms with Gasteiger partial charge >= 0.3 is 5.97 Å². The summed E-state index contributed by atoms with van der Waals surface area (Å²) in [6.07, 6.45) is 1.71. The van der Waals surface area contributed by atoms with Crippen molar-refractivity contribution >= 4 is 29.3 Å². The van der Waals surface area contributed by atoms with Crippen LogP contribution in [-0.4, -0.2) is 43.7 Å². The lowest BCUT2D eigenvalue weighted by atomic mass is 9.96. The molecule has 0 fully saturated rings. The third kappa shape index (κ3) is 7.34. The lowest BCUT2D eigenvalue weighted by Gasteiger charge is -2.16. The molecule has 5 aromatic rings. The molecule has 0 aliphatic heterocycles. The number of benzene rings is 3. The summed E-state index contributed by atoms with van der Waals surface area (Å²) < 4.78 is 6.98. The van der Waals surface area contributed by atoms with Crippen LogP contribution in [-0.2, 0) is 21.8 Å². The minimum atomic E-state index is -0.474. The smallest absolute Gasteiger partial charge is 0.341 e. The maximum Gasteiger partial charge on any atom is 0.341 e. The van der Waals surface area contributed by atoms with Crippen molar-refractivity contribution < 1.29 is 14.3 Å². The van der Waals surface area contributed by atoms with Crippen molar-refractivity contribution in [2.45, 2.75) is 44.0 Å². The van der Waals surface area contributed by atoms with Crippen LogP contribution in [0.5, 0.6) is 0 Å². The number of nitrogens with one attached hydrogen (secondary N) is 1. The van der Waals surface area contributed by atoms with Crippen molar-refractivity contribution in [3.8, 4) is 22.4 Å². The quantitative estimate of drug-likeness (QED) is 0.134. The van der Waals surface area contributed by atoms with Gasteiger partial charge in [-0.05, 0) is 36.1 Å². The van der Waals surface area contributed by atoms with E-state index in [9.17, 15) is 9.59 Å². The van der Waals surface area contributed by atoms with Crippen molar-refractivity contribution in [2.75, 3.05) is 11.9 Å². The first-order valence-corrected chi connectivity index (χ1v) is 15.0. The Hall–Kier alpha value is -4.83. The average Bonchev–Trinajstić information content (AvgIpc) is 3.47. The van der Waals surface area contributed by atoms with E-state index in [0.29, 0.717) is 39.2 Å². The highest BCUT2D eigenvalue weighted by Crippen LogP contribution is 2.38. The van der Waals surface area contributed by atoms with Gasteiger partial charge < -0.3 is 10.1 Å². The Morgan fingerprint density at radius 1 is 0.884 bits per heavy atom. The van der Waals surface area contributed by atoms with Gasteiger partial charge in [0.15, 0.2) is 0 Å². The zero-order valence-corrected chi connectivity index (χ0v) is 25.0. The van der Waals surface area contributed by atoms with Gasteiger partial charge in [-0.15, -0.1) is 15.3 Å². The molecule has 10 heteroatoms. The fraction of sp³-hybridized carbons (Fsp3) is 0.212. The number of esters is 1. The number of carbonyl (C=O) groups excluding carboxylic acids is 2. The predicted octanol–water partition coefficient (Wildman–Crippen LogP) is 6.63. The second-order valence-corrected chi connectivity index (χ2v) is 11.0. The lowest BCUT2D eigenvalue weighted by Crippen LogP contribution is -2.19. The van der Waals surface area contributed by atoms with E-state index in [-0.39, 0.29) is 19.1 Å². The SMILES string of the molecule is CCOC(=O)c1c(SCc2cn(CC(=O)Nc3ccc(C(C)C)cc3)nn2)nnc(-c2ccccc2)c1-c1ccccc1. The predicted molar refractivity (Wildman–Crippen MR) is 168 cm³/mol. The highest BCUT2D eigenvalue weighted by molar-refractivity contribution is 7.98. The van der Waals surface area contributed by atoms with Crippen LogP contribution in [0.4, 0.5) is 5.69 Å². The summed E-state index contributed by atoms with van der Waals surface area (Å²) in [7, 11) is 0. The molecule has 2 aromatic heterocycles. The van der Waals surface area contributed by atoms with Gasteiger partial charge in [-0.3, -0.25) is 4.79 Å². The summed E-state index contributed by atoms with van der Waals surface area (Å²) in [5, 5.41) is 20.7. The molecule has 1 amide bonds. The molecule has 3 aromatic carbocycles. The van der Waals surface area contributed by atoms with Crippen molar-refractivity contribution in [1.29, 1.82) is 0 Å². The Morgan fingerprint density at radius 2 is 1.56 bits per heavy atom. The van der Waals surface area contributed by atoms with Gasteiger partial charge in [0, 0.05) is 28.8 Å². The number of hydrogen-bond acceptors (Lipinski definition) is 8. The number of aromatic nitrogens is 5. The molecule has 218 valence electrons. The Kier molecular flexibility index (Phi) is 9.58. The molecule has 0 bridgehead atoms. The zero-order chi connectivity index (χ0) is 30.2. The summed E-state index contributed by atoms with van der Waals surface area (Å²) in [4.78, 5) is 26.0. The van der Waals surface area contributed by atoms with Crippen molar-refractivity contribution in [1.82, 2.24) is 25.2 Å². The van der Waals surface area contributed by atoms with E-state index in [1.165, 1.54) is 22.0 Å². The lowest BCUT2D eigenvalue weighted by molar-refractivity contribution is -0.116. The van der Waals surface area contributed by atoms with E-state index in [4.69, 9.17) is 4.74 Å². The Labute approximate surface area is 254 Å². The van der Waals surface area contributed by atoms with E-state index in [1.807, 2.05) is 84.9 Å². The van der Waals surface area contributed by atoms with Gasteiger partial charge in [0.1, 0.15) is 22.8 Å². The molecule has 0 spiro atoms. The first-order valence-electron chi connectivity index (χ1n) is 14.0. The minimum absolute atomic E-state index is 0.0153. The van der Waals surface area contributed by atoms with Gasteiger partial charge in [-0.2, -0.15) is 0 Å². The molecule has 43 heavy (non-hydrogen) atoms. The number of nitrogens with zero attached hydrogens (tertiary/aromatic N) is 5. The van der Waals surface area contributed by atoms with Gasteiger partial charge in [0.25, 0.3) is 0 Å². The van der Waals surface area contributed by atoms with Crippen LogP contribution in [0.1, 0.15) is 48.3 Å². The van der Waals surface area contributed by atoms with E-state index < -0.39 is 5.97 Å². The van der Waals surface area contributed by atoms with Gasteiger partial charge in [-0.25, -0.2) is 9.48 Å². The first kappa shape index (κ1) is 29.7. The molecule has 0 radical (unpaired) electrons. The minimum Gasteiger partial charge on any atom is -0.462 e. The van der Waals surface area contributed by atoms with Crippen molar-refractivity contribution in [3.63, 3.8) is 0 Å². The fourth-order valence-corrected chi connectivity index (χ4v) is 5.37. The summed E-state index contributed by atoms with van der Waals surface area (Å²) >= 11 is 1.31. The van der Waals surface area contributed by atoms with E-state index >= 15 is 0 Å². The molecule has 9 nitrogen and oxygen atoms in total. The third-order valence-electron chi connectivity index (χ3n) is 6.64. The van der Waals surface area contributed by atoms with E-state index in [1.54, 1.807) is 13.1 Å². The molecule has 0 aliphatic rings. The van der Waals surface area contributed by atoms with E-state index in [0.717, 1.165) is 16.8 Å². The number of anilines is 1. The normalized spacial score (nSPS) is 11.0. The van der Waals surface area contributed by atoms with E-state index in [2.05, 4.69) is 39.7 Å². The monoisotopic (exact) mass is 592 g/mol. The zero-order valence-electron chi connectivity index (χ0n) is 24.2. The molecule has 0 aliphatic carbocycles. The summed E-state index contributed by atoms with van der Waals surface area (Å²) in [6.45, 7) is 6.26. The van der Waals surface area contributed by atoms with Crippen molar-refractivity contribution in [3.05, 3.63) is 108 Å². The largest absolute Gasteiger partial charge is 0.462 e. The summed E-state index contributed by atoms with van der Waals surface area (Å²) in [5.41, 5.74) is 5.83. The summed E-state index contributed by atoms with van der Waals surface area (Å²) in [6, 6.07) is 27.1.